The van der Waals surface area contributed by atoms with Crippen LogP contribution < -0.4 is 4.90 Å². The molecule has 0 unspecified atom stereocenters. The standard InChI is InChI=1S/C19H24N4OS/c1-14-3-5-15(6-4-14)13-17-20-19(25-21-17)23-10-2-9-22(11-12-23)18(24)16-7-8-16/h3-6,16H,2,7-13H2,1H3. The van der Waals surface area contributed by atoms with Crippen molar-refractivity contribution in [3.05, 3.63) is 41.2 Å². The van der Waals surface area contributed by atoms with Gasteiger partial charge in [0.05, 0.1) is 0 Å². The highest BCUT2D eigenvalue weighted by Gasteiger charge is 2.34. The van der Waals surface area contributed by atoms with E-state index in [1.54, 1.807) is 0 Å². The number of aryl methyl sites for hydroxylation is 1. The zero-order chi connectivity index (χ0) is 17.2. The highest BCUT2D eigenvalue weighted by molar-refractivity contribution is 7.09. The van der Waals surface area contributed by atoms with E-state index in [9.17, 15) is 4.79 Å². The topological polar surface area (TPSA) is 49.3 Å². The molecule has 132 valence electrons. The van der Waals surface area contributed by atoms with E-state index in [1.807, 2.05) is 4.90 Å². The van der Waals surface area contributed by atoms with E-state index >= 15 is 0 Å². The van der Waals surface area contributed by atoms with Gasteiger partial charge in [-0.05, 0) is 31.7 Å². The second-order valence-corrected chi connectivity index (χ2v) is 7.83. The van der Waals surface area contributed by atoms with Crippen LogP contribution in [0.25, 0.3) is 0 Å². The lowest BCUT2D eigenvalue weighted by molar-refractivity contribution is -0.132. The number of carbonyl (C=O) groups excluding carboxylic acids is 1. The molecule has 6 heteroatoms. The summed E-state index contributed by atoms with van der Waals surface area (Å²) in [5.41, 5.74) is 2.51. The minimum absolute atomic E-state index is 0.314. The van der Waals surface area contributed by atoms with Gasteiger partial charge in [0.15, 0.2) is 0 Å². The molecule has 1 amide bonds. The van der Waals surface area contributed by atoms with Crippen LogP contribution in [0.4, 0.5) is 5.13 Å². The molecule has 1 aromatic heterocycles. The van der Waals surface area contributed by atoms with E-state index in [4.69, 9.17) is 4.98 Å². The molecule has 1 saturated carbocycles. The fourth-order valence-corrected chi connectivity index (χ4v) is 3.99. The molecule has 25 heavy (non-hydrogen) atoms. The average molecular weight is 356 g/mol. The molecule has 1 aliphatic carbocycles. The molecule has 1 aromatic carbocycles. The second kappa shape index (κ2) is 7.12. The van der Waals surface area contributed by atoms with Crippen LogP contribution in [0.3, 0.4) is 0 Å². The number of anilines is 1. The van der Waals surface area contributed by atoms with E-state index in [1.165, 1.54) is 22.7 Å². The Kier molecular flexibility index (Phi) is 4.70. The van der Waals surface area contributed by atoms with Crippen molar-refractivity contribution < 1.29 is 4.79 Å². The summed E-state index contributed by atoms with van der Waals surface area (Å²) in [7, 11) is 0. The van der Waals surface area contributed by atoms with Gasteiger partial charge in [0.1, 0.15) is 5.82 Å². The van der Waals surface area contributed by atoms with E-state index < -0.39 is 0 Å². The van der Waals surface area contributed by atoms with Crippen molar-refractivity contribution in [3.63, 3.8) is 0 Å². The number of amides is 1. The minimum Gasteiger partial charge on any atom is -0.345 e. The maximum atomic E-state index is 12.3. The summed E-state index contributed by atoms with van der Waals surface area (Å²) in [5.74, 6) is 1.56. The zero-order valence-electron chi connectivity index (χ0n) is 14.6. The quantitative estimate of drug-likeness (QED) is 0.845. The molecule has 5 nitrogen and oxygen atoms in total. The van der Waals surface area contributed by atoms with E-state index in [0.717, 1.165) is 62.8 Å². The average Bonchev–Trinajstić information content (AvgIpc) is 3.41. The fraction of sp³-hybridized carbons (Fsp3) is 0.526. The van der Waals surface area contributed by atoms with Crippen LogP contribution >= 0.6 is 11.5 Å². The third-order valence-electron chi connectivity index (χ3n) is 4.94. The van der Waals surface area contributed by atoms with Gasteiger partial charge in [0, 0.05) is 50.1 Å². The molecule has 0 bridgehead atoms. The molecular weight excluding hydrogens is 332 g/mol. The molecule has 0 radical (unpaired) electrons. The summed E-state index contributed by atoms with van der Waals surface area (Å²) >= 11 is 1.48. The van der Waals surface area contributed by atoms with Crippen LogP contribution in [0.15, 0.2) is 24.3 Å². The SMILES string of the molecule is Cc1ccc(Cc2nsc(N3CCCN(C(=O)C4CC4)CC3)n2)cc1. The van der Waals surface area contributed by atoms with Crippen LogP contribution in [-0.2, 0) is 11.2 Å². The maximum absolute atomic E-state index is 12.3. The highest BCUT2D eigenvalue weighted by atomic mass is 32.1. The number of nitrogens with zero attached hydrogens (tertiary/aromatic N) is 4. The van der Waals surface area contributed by atoms with Crippen LogP contribution in [0.5, 0.6) is 0 Å². The number of hydrogen-bond donors (Lipinski definition) is 0. The molecule has 1 saturated heterocycles. The Morgan fingerprint density at radius 3 is 2.72 bits per heavy atom. The summed E-state index contributed by atoms with van der Waals surface area (Å²) in [6.07, 6.45) is 3.94. The Labute approximate surface area is 152 Å². The Morgan fingerprint density at radius 1 is 1.16 bits per heavy atom. The molecule has 0 spiro atoms. The molecule has 2 aromatic rings. The third-order valence-corrected chi connectivity index (χ3v) is 5.76. The van der Waals surface area contributed by atoms with Crippen molar-refractivity contribution in [2.45, 2.75) is 32.6 Å². The molecule has 0 N–H and O–H groups in total. The first-order valence-electron chi connectivity index (χ1n) is 9.11. The predicted molar refractivity (Wildman–Crippen MR) is 100 cm³/mol. The van der Waals surface area contributed by atoms with Crippen molar-refractivity contribution in [2.24, 2.45) is 5.92 Å². The summed E-state index contributed by atoms with van der Waals surface area (Å²) in [4.78, 5) is 21.3. The smallest absolute Gasteiger partial charge is 0.225 e. The molecule has 4 rings (SSSR count). The fourth-order valence-electron chi connectivity index (χ4n) is 3.25. The van der Waals surface area contributed by atoms with Gasteiger partial charge >= 0.3 is 0 Å². The van der Waals surface area contributed by atoms with Crippen molar-refractivity contribution >= 4 is 22.6 Å². The number of carbonyl (C=O) groups is 1. The number of benzene rings is 1. The first-order valence-corrected chi connectivity index (χ1v) is 9.88. The first kappa shape index (κ1) is 16.5. The van der Waals surface area contributed by atoms with Crippen LogP contribution in [0, 0.1) is 12.8 Å². The van der Waals surface area contributed by atoms with Gasteiger partial charge in [-0.15, -0.1) is 0 Å². The Morgan fingerprint density at radius 2 is 1.96 bits per heavy atom. The summed E-state index contributed by atoms with van der Waals surface area (Å²) in [6, 6.07) is 8.54. The lowest BCUT2D eigenvalue weighted by Crippen LogP contribution is -2.36. The second-order valence-electron chi connectivity index (χ2n) is 7.10. The molecule has 2 heterocycles. The van der Waals surface area contributed by atoms with E-state index in [0.29, 0.717) is 11.8 Å². The van der Waals surface area contributed by atoms with Gasteiger partial charge < -0.3 is 9.80 Å². The molecule has 0 atom stereocenters. The highest BCUT2D eigenvalue weighted by Crippen LogP contribution is 2.31. The van der Waals surface area contributed by atoms with E-state index in [2.05, 4.69) is 40.5 Å². The van der Waals surface area contributed by atoms with Crippen LogP contribution in [-0.4, -0.2) is 46.3 Å². The number of hydrogen-bond acceptors (Lipinski definition) is 5. The van der Waals surface area contributed by atoms with Gasteiger partial charge in [-0.2, -0.15) is 4.37 Å². The molecule has 2 fully saturated rings. The Balaban J connectivity index is 1.38. The Bertz CT molecular complexity index is 738. The molecule has 2 aliphatic rings. The van der Waals surface area contributed by atoms with Gasteiger partial charge in [-0.3, -0.25) is 4.79 Å². The minimum atomic E-state index is 0.314. The van der Waals surface area contributed by atoms with Crippen molar-refractivity contribution in [3.8, 4) is 0 Å². The lowest BCUT2D eigenvalue weighted by Gasteiger charge is -2.21. The third kappa shape index (κ3) is 4.00. The lowest BCUT2D eigenvalue weighted by atomic mass is 10.1. The van der Waals surface area contributed by atoms with Crippen molar-refractivity contribution in [2.75, 3.05) is 31.1 Å². The van der Waals surface area contributed by atoms with Gasteiger partial charge in [0.25, 0.3) is 0 Å². The molecule has 1 aliphatic heterocycles. The summed E-state index contributed by atoms with van der Waals surface area (Å²) in [5, 5.41) is 0.989. The predicted octanol–water partition coefficient (Wildman–Crippen LogP) is 2.89. The maximum Gasteiger partial charge on any atom is 0.225 e. The normalized spacial score (nSPS) is 18.3. The van der Waals surface area contributed by atoms with Gasteiger partial charge in [0.2, 0.25) is 11.0 Å². The van der Waals surface area contributed by atoms with Gasteiger partial charge in [-0.1, -0.05) is 29.8 Å². The first-order chi connectivity index (χ1) is 12.2. The van der Waals surface area contributed by atoms with Gasteiger partial charge in [-0.25, -0.2) is 4.98 Å². The number of aromatic nitrogens is 2. The summed E-state index contributed by atoms with van der Waals surface area (Å²) < 4.78 is 4.54. The molecular formula is C19H24N4OS. The Hall–Kier alpha value is -1.95. The monoisotopic (exact) mass is 356 g/mol. The van der Waals surface area contributed by atoms with Crippen LogP contribution in [0.1, 0.15) is 36.2 Å². The van der Waals surface area contributed by atoms with Crippen molar-refractivity contribution in [1.82, 2.24) is 14.3 Å². The summed E-state index contributed by atoms with van der Waals surface area (Å²) in [6.45, 7) is 5.59. The van der Waals surface area contributed by atoms with Crippen LogP contribution in [0.2, 0.25) is 0 Å². The number of rotatable bonds is 4. The van der Waals surface area contributed by atoms with Crippen molar-refractivity contribution in [1.29, 1.82) is 0 Å². The zero-order valence-corrected chi connectivity index (χ0v) is 15.5. The largest absolute Gasteiger partial charge is 0.345 e. The van der Waals surface area contributed by atoms with E-state index in [-0.39, 0.29) is 0 Å².